The molecule has 4 aromatic rings. The smallest absolute Gasteiger partial charge is 0.271 e. The third-order valence-corrected chi connectivity index (χ3v) is 7.02. The lowest BCUT2D eigenvalue weighted by molar-refractivity contribution is -0.141. The normalized spacial score (nSPS) is 14.4. The van der Waals surface area contributed by atoms with Crippen molar-refractivity contribution < 1.29 is 18.7 Å². The highest BCUT2D eigenvalue weighted by molar-refractivity contribution is 6.19. The van der Waals surface area contributed by atoms with E-state index in [-0.39, 0.29) is 23.3 Å². The predicted octanol–water partition coefficient (Wildman–Crippen LogP) is 6.65. The Morgan fingerprint density at radius 1 is 1.00 bits per heavy atom. The Bertz CT molecular complexity index is 1730. The molecule has 0 fully saturated rings. The molecule has 2 amide bonds. The van der Waals surface area contributed by atoms with Gasteiger partial charge in [0.25, 0.3) is 11.8 Å². The number of amides is 2. The highest BCUT2D eigenvalue weighted by Crippen LogP contribution is 2.33. The predicted molar refractivity (Wildman–Crippen MR) is 158 cm³/mol. The lowest BCUT2D eigenvalue weighted by Gasteiger charge is -2.27. The second-order valence-corrected chi connectivity index (χ2v) is 9.94. The number of halogens is 1. The molecule has 0 atom stereocenters. The van der Waals surface area contributed by atoms with Crippen molar-refractivity contribution in [3.63, 3.8) is 0 Å². The van der Waals surface area contributed by atoms with Crippen molar-refractivity contribution in [2.24, 2.45) is 0 Å². The molecule has 42 heavy (non-hydrogen) atoms. The SMILES string of the molecule is CCCCOc1cccc(-c2nn(-c3ccccc3)cc2/C=C2/C(=O)N(Cc3ccc(F)cc3)C(=O)C(C#N)=C2C)c1. The molecule has 210 valence electrons. The average Bonchev–Trinajstić information content (AvgIpc) is 3.43. The molecule has 0 unspecified atom stereocenters. The number of para-hydroxylation sites is 1. The summed E-state index contributed by atoms with van der Waals surface area (Å²) >= 11 is 0. The van der Waals surface area contributed by atoms with E-state index in [1.54, 1.807) is 17.7 Å². The highest BCUT2D eigenvalue weighted by Gasteiger charge is 2.35. The molecule has 1 aliphatic rings. The van der Waals surface area contributed by atoms with Gasteiger partial charge in [-0.2, -0.15) is 10.4 Å². The number of rotatable bonds is 9. The first kappa shape index (κ1) is 28.2. The Kier molecular flexibility index (Phi) is 8.39. The van der Waals surface area contributed by atoms with Crippen LogP contribution >= 0.6 is 0 Å². The summed E-state index contributed by atoms with van der Waals surface area (Å²) in [6, 6.07) is 24.7. The zero-order chi connectivity index (χ0) is 29.6. The van der Waals surface area contributed by atoms with Gasteiger partial charge in [0.05, 0.1) is 18.8 Å². The largest absolute Gasteiger partial charge is 0.494 e. The van der Waals surface area contributed by atoms with E-state index in [2.05, 4.69) is 6.92 Å². The Balaban J connectivity index is 1.61. The van der Waals surface area contributed by atoms with Crippen molar-refractivity contribution >= 4 is 17.9 Å². The van der Waals surface area contributed by atoms with Crippen molar-refractivity contribution in [2.75, 3.05) is 6.61 Å². The van der Waals surface area contributed by atoms with Gasteiger partial charge in [-0.15, -0.1) is 0 Å². The fourth-order valence-corrected chi connectivity index (χ4v) is 4.70. The maximum atomic E-state index is 13.8. The first-order chi connectivity index (χ1) is 20.4. The fraction of sp³-hybridized carbons (Fsp3) is 0.176. The van der Waals surface area contributed by atoms with Gasteiger partial charge in [0.15, 0.2) is 0 Å². The third-order valence-electron chi connectivity index (χ3n) is 7.02. The summed E-state index contributed by atoms with van der Waals surface area (Å²) in [7, 11) is 0. The van der Waals surface area contributed by atoms with Crippen LogP contribution in [0.15, 0.2) is 102 Å². The van der Waals surface area contributed by atoms with Gasteiger partial charge in [-0.3, -0.25) is 14.5 Å². The van der Waals surface area contributed by atoms with Crippen LogP contribution in [0.5, 0.6) is 5.75 Å². The van der Waals surface area contributed by atoms with E-state index in [1.165, 1.54) is 24.3 Å². The van der Waals surface area contributed by atoms with E-state index in [9.17, 15) is 19.2 Å². The number of carbonyl (C=O) groups is 2. The topological polar surface area (TPSA) is 88.2 Å². The van der Waals surface area contributed by atoms with Crippen LogP contribution in [0.2, 0.25) is 0 Å². The molecule has 0 bridgehead atoms. The first-order valence-electron chi connectivity index (χ1n) is 13.7. The minimum atomic E-state index is -0.682. The summed E-state index contributed by atoms with van der Waals surface area (Å²) in [6.45, 7) is 4.20. The molecular weight excluding hydrogens is 531 g/mol. The van der Waals surface area contributed by atoms with Gasteiger partial charge in [0.1, 0.15) is 28.9 Å². The number of unbranched alkanes of at least 4 members (excludes halogenated alkanes) is 1. The van der Waals surface area contributed by atoms with Crippen molar-refractivity contribution in [3.05, 3.63) is 119 Å². The van der Waals surface area contributed by atoms with Crippen LogP contribution in [0.3, 0.4) is 0 Å². The quantitative estimate of drug-likeness (QED) is 0.130. The molecule has 3 aromatic carbocycles. The van der Waals surface area contributed by atoms with Crippen LogP contribution in [0.25, 0.3) is 23.0 Å². The Morgan fingerprint density at radius 2 is 1.76 bits per heavy atom. The Labute approximate surface area is 243 Å². The number of nitriles is 1. The summed E-state index contributed by atoms with van der Waals surface area (Å²) in [4.78, 5) is 28.0. The summed E-state index contributed by atoms with van der Waals surface area (Å²) in [5.41, 5.74) is 3.78. The van der Waals surface area contributed by atoms with Crippen LogP contribution in [0.1, 0.15) is 37.8 Å². The molecule has 0 radical (unpaired) electrons. The number of nitrogens with zero attached hydrogens (tertiary/aromatic N) is 4. The maximum absolute atomic E-state index is 13.8. The molecule has 0 aliphatic carbocycles. The van der Waals surface area contributed by atoms with E-state index >= 15 is 0 Å². The number of aromatic nitrogens is 2. The number of carbonyl (C=O) groups excluding carboxylic acids is 2. The molecule has 0 N–H and O–H groups in total. The van der Waals surface area contributed by atoms with E-state index in [0.29, 0.717) is 29.2 Å². The molecule has 7 nitrogen and oxygen atoms in total. The van der Waals surface area contributed by atoms with Crippen molar-refractivity contribution in [1.29, 1.82) is 5.26 Å². The van der Waals surface area contributed by atoms with Gasteiger partial charge < -0.3 is 4.74 Å². The number of imide groups is 1. The summed E-state index contributed by atoms with van der Waals surface area (Å²) in [5.74, 6) is -0.942. The van der Waals surface area contributed by atoms with Gasteiger partial charge in [-0.25, -0.2) is 9.07 Å². The van der Waals surface area contributed by atoms with Crippen LogP contribution in [0, 0.1) is 17.1 Å². The number of hydrogen-bond donors (Lipinski definition) is 0. The van der Waals surface area contributed by atoms with E-state index in [4.69, 9.17) is 9.84 Å². The number of hydrogen-bond acceptors (Lipinski definition) is 5. The minimum absolute atomic E-state index is 0.0962. The van der Waals surface area contributed by atoms with E-state index < -0.39 is 17.6 Å². The number of ether oxygens (including phenoxy) is 1. The van der Waals surface area contributed by atoms with Gasteiger partial charge >= 0.3 is 0 Å². The fourth-order valence-electron chi connectivity index (χ4n) is 4.70. The average molecular weight is 561 g/mol. The van der Waals surface area contributed by atoms with Gasteiger partial charge in [0, 0.05) is 22.9 Å². The second-order valence-electron chi connectivity index (χ2n) is 9.94. The number of benzene rings is 3. The first-order valence-corrected chi connectivity index (χ1v) is 13.7. The lowest BCUT2D eigenvalue weighted by Crippen LogP contribution is -2.42. The molecular formula is C34H29FN4O3. The highest BCUT2D eigenvalue weighted by atomic mass is 19.1. The van der Waals surface area contributed by atoms with Crippen molar-refractivity contribution in [1.82, 2.24) is 14.7 Å². The lowest BCUT2D eigenvalue weighted by atomic mass is 9.93. The van der Waals surface area contributed by atoms with Crippen LogP contribution in [-0.4, -0.2) is 33.1 Å². The summed E-state index contributed by atoms with van der Waals surface area (Å²) < 4.78 is 21.1. The van der Waals surface area contributed by atoms with Gasteiger partial charge in [-0.1, -0.05) is 55.8 Å². The monoisotopic (exact) mass is 560 g/mol. The van der Waals surface area contributed by atoms with Gasteiger partial charge in [0.2, 0.25) is 0 Å². The van der Waals surface area contributed by atoms with E-state index in [0.717, 1.165) is 29.0 Å². The molecule has 1 aliphatic heterocycles. The summed E-state index contributed by atoms with van der Waals surface area (Å²) in [5, 5.41) is 14.7. The minimum Gasteiger partial charge on any atom is -0.494 e. The van der Waals surface area contributed by atoms with Crippen LogP contribution in [-0.2, 0) is 16.1 Å². The summed E-state index contributed by atoms with van der Waals surface area (Å²) in [6.07, 6.45) is 5.44. The Morgan fingerprint density at radius 3 is 2.48 bits per heavy atom. The molecule has 0 spiro atoms. The second kappa shape index (κ2) is 12.5. The molecule has 2 heterocycles. The molecule has 1 aromatic heterocycles. The third kappa shape index (κ3) is 5.91. The van der Waals surface area contributed by atoms with Crippen molar-refractivity contribution in [3.8, 4) is 28.8 Å². The zero-order valence-corrected chi connectivity index (χ0v) is 23.4. The maximum Gasteiger partial charge on any atom is 0.271 e. The van der Waals surface area contributed by atoms with Crippen LogP contribution < -0.4 is 4.74 Å². The zero-order valence-electron chi connectivity index (χ0n) is 23.4. The standard InChI is InChI=1S/C34H29FN4O3/c1-3-4-17-42-29-12-8-9-25(18-29)32-26(22-39(37-32)28-10-6-5-7-11-28)19-30-23(2)31(20-36)34(41)38(33(30)40)21-24-13-15-27(35)16-14-24/h5-16,18-19,22H,3-4,17,21H2,1-2H3/b30-19+. The van der Waals surface area contributed by atoms with Gasteiger partial charge in [-0.05, 0) is 67.0 Å². The van der Waals surface area contributed by atoms with E-state index in [1.807, 2.05) is 66.9 Å². The van der Waals surface area contributed by atoms with Crippen molar-refractivity contribution in [2.45, 2.75) is 33.2 Å². The molecule has 0 saturated heterocycles. The molecule has 8 heteroatoms. The van der Waals surface area contributed by atoms with Crippen LogP contribution in [0.4, 0.5) is 4.39 Å². The molecule has 0 saturated carbocycles. The molecule has 5 rings (SSSR count). The Hall–Kier alpha value is -5.29.